The van der Waals surface area contributed by atoms with E-state index in [2.05, 4.69) is 10.4 Å². The topological polar surface area (TPSA) is 107 Å². The third kappa shape index (κ3) is 3.82. The summed E-state index contributed by atoms with van der Waals surface area (Å²) in [5, 5.41) is 12.2. The summed E-state index contributed by atoms with van der Waals surface area (Å²) in [7, 11) is -3.70. The average molecular weight is 348 g/mol. The molecule has 8 heteroatoms. The number of hydrogen-bond acceptors (Lipinski definition) is 4. The predicted octanol–water partition coefficient (Wildman–Crippen LogP) is 1.58. The van der Waals surface area contributed by atoms with Gasteiger partial charge in [0.05, 0.1) is 10.9 Å². The molecule has 0 aliphatic heterocycles. The molecule has 0 bridgehead atoms. The van der Waals surface area contributed by atoms with Crippen molar-refractivity contribution in [3.63, 3.8) is 0 Å². The molecule has 1 amide bonds. The molecule has 1 aliphatic rings. The summed E-state index contributed by atoms with van der Waals surface area (Å²) in [6.07, 6.45) is 6.49. The van der Waals surface area contributed by atoms with Crippen LogP contribution in [0.3, 0.4) is 0 Å². The monoisotopic (exact) mass is 348 g/mol. The van der Waals surface area contributed by atoms with Crippen molar-refractivity contribution >= 4 is 15.9 Å². The molecule has 1 aromatic heterocycles. The number of hydrogen-bond donors (Lipinski definition) is 2. The molecule has 1 saturated carbocycles. The quantitative estimate of drug-likeness (QED) is 0.855. The van der Waals surface area contributed by atoms with Crippen molar-refractivity contribution in [3.05, 3.63) is 47.8 Å². The molecule has 1 fully saturated rings. The van der Waals surface area contributed by atoms with Gasteiger partial charge in [0.1, 0.15) is 5.69 Å². The van der Waals surface area contributed by atoms with Gasteiger partial charge in [0.25, 0.3) is 5.91 Å². The number of primary sulfonamides is 1. The maximum Gasteiger partial charge on any atom is 0.272 e. The maximum absolute atomic E-state index is 12.2. The number of sulfonamides is 1. The molecule has 24 heavy (non-hydrogen) atoms. The molecule has 7 nitrogen and oxygen atoms in total. The third-order valence-corrected chi connectivity index (χ3v) is 5.17. The fourth-order valence-electron chi connectivity index (χ4n) is 2.90. The Morgan fingerprint density at radius 2 is 1.88 bits per heavy atom. The summed E-state index contributed by atoms with van der Waals surface area (Å²) in [5.41, 5.74) is 1.18. The smallest absolute Gasteiger partial charge is 0.272 e. The van der Waals surface area contributed by atoms with Gasteiger partial charge in [-0.3, -0.25) is 9.48 Å². The fourth-order valence-corrected chi connectivity index (χ4v) is 3.42. The Morgan fingerprint density at radius 3 is 2.50 bits per heavy atom. The minimum Gasteiger partial charge on any atom is -0.347 e. The number of nitrogens with two attached hydrogens (primary N) is 1. The largest absolute Gasteiger partial charge is 0.347 e. The first-order chi connectivity index (χ1) is 11.4. The van der Waals surface area contributed by atoms with Crippen LogP contribution in [0.2, 0.25) is 0 Å². The summed E-state index contributed by atoms with van der Waals surface area (Å²) in [6, 6.07) is 8.21. The molecule has 1 aromatic carbocycles. The van der Waals surface area contributed by atoms with E-state index in [9.17, 15) is 13.2 Å². The van der Waals surface area contributed by atoms with Gasteiger partial charge in [-0.1, -0.05) is 25.0 Å². The van der Waals surface area contributed by atoms with Crippen LogP contribution >= 0.6 is 0 Å². The highest BCUT2D eigenvalue weighted by Gasteiger charge is 2.19. The molecule has 128 valence electrons. The van der Waals surface area contributed by atoms with Crippen molar-refractivity contribution in [1.82, 2.24) is 15.1 Å². The summed E-state index contributed by atoms with van der Waals surface area (Å²) in [4.78, 5) is 12.2. The first kappa shape index (κ1) is 16.7. The van der Waals surface area contributed by atoms with Crippen LogP contribution in [0.5, 0.6) is 0 Å². The second-order valence-corrected chi connectivity index (χ2v) is 7.55. The van der Waals surface area contributed by atoms with Crippen LogP contribution in [0.1, 0.15) is 47.8 Å². The van der Waals surface area contributed by atoms with Gasteiger partial charge in [0, 0.05) is 12.7 Å². The highest BCUT2D eigenvalue weighted by Crippen LogP contribution is 2.28. The molecule has 0 spiro atoms. The predicted molar refractivity (Wildman–Crippen MR) is 88.7 cm³/mol. The van der Waals surface area contributed by atoms with Gasteiger partial charge in [-0.25, -0.2) is 13.6 Å². The molecule has 0 atom stereocenters. The zero-order valence-electron chi connectivity index (χ0n) is 13.2. The summed E-state index contributed by atoms with van der Waals surface area (Å²) >= 11 is 0. The molecular weight excluding hydrogens is 328 g/mol. The van der Waals surface area contributed by atoms with E-state index in [-0.39, 0.29) is 10.8 Å². The Bertz CT molecular complexity index is 821. The minimum absolute atomic E-state index is 0.0490. The number of benzene rings is 1. The van der Waals surface area contributed by atoms with Crippen LogP contribution in [-0.4, -0.2) is 24.1 Å². The molecule has 2 aromatic rings. The van der Waals surface area contributed by atoms with Crippen molar-refractivity contribution in [2.75, 3.05) is 0 Å². The summed E-state index contributed by atoms with van der Waals surface area (Å²) in [5.74, 6) is -0.248. The normalized spacial score (nSPS) is 15.5. The third-order valence-electron chi connectivity index (χ3n) is 4.24. The Kier molecular flexibility index (Phi) is 4.68. The van der Waals surface area contributed by atoms with Gasteiger partial charge >= 0.3 is 0 Å². The number of carbonyl (C=O) groups is 1. The Balaban J connectivity index is 1.59. The van der Waals surface area contributed by atoms with Crippen LogP contribution in [0.15, 0.2) is 41.4 Å². The highest BCUT2D eigenvalue weighted by molar-refractivity contribution is 7.89. The van der Waals surface area contributed by atoms with Crippen LogP contribution in [0.25, 0.3) is 0 Å². The lowest BCUT2D eigenvalue weighted by atomic mass is 10.2. The zero-order valence-corrected chi connectivity index (χ0v) is 14.0. The van der Waals surface area contributed by atoms with E-state index in [1.807, 2.05) is 10.9 Å². The molecule has 0 saturated heterocycles. The van der Waals surface area contributed by atoms with Gasteiger partial charge in [0.15, 0.2) is 0 Å². The second kappa shape index (κ2) is 6.74. The molecule has 1 aliphatic carbocycles. The van der Waals surface area contributed by atoms with Crippen LogP contribution in [-0.2, 0) is 16.6 Å². The number of amides is 1. The van der Waals surface area contributed by atoms with Crippen LogP contribution < -0.4 is 10.5 Å². The van der Waals surface area contributed by atoms with Crippen LogP contribution in [0.4, 0.5) is 0 Å². The molecule has 1 heterocycles. The molecule has 0 radical (unpaired) electrons. The first-order valence-corrected chi connectivity index (χ1v) is 9.43. The Hall–Kier alpha value is -2.19. The van der Waals surface area contributed by atoms with Crippen molar-refractivity contribution in [1.29, 1.82) is 0 Å². The van der Waals surface area contributed by atoms with E-state index >= 15 is 0 Å². The molecule has 0 unspecified atom stereocenters. The van der Waals surface area contributed by atoms with E-state index in [0.29, 0.717) is 18.3 Å². The lowest BCUT2D eigenvalue weighted by molar-refractivity contribution is 0.0944. The molecule has 3 N–H and O–H groups in total. The van der Waals surface area contributed by atoms with Gasteiger partial charge in [-0.15, -0.1) is 0 Å². The highest BCUT2D eigenvalue weighted by atomic mass is 32.2. The van der Waals surface area contributed by atoms with Gasteiger partial charge in [-0.2, -0.15) is 5.10 Å². The Morgan fingerprint density at radius 1 is 1.21 bits per heavy atom. The van der Waals surface area contributed by atoms with E-state index in [1.54, 1.807) is 18.2 Å². The number of aromatic nitrogens is 2. The summed E-state index contributed by atoms with van der Waals surface area (Å²) < 4.78 is 24.3. The Labute approximate surface area is 140 Å². The zero-order chi connectivity index (χ0) is 17.2. The van der Waals surface area contributed by atoms with Crippen molar-refractivity contribution in [2.24, 2.45) is 5.14 Å². The van der Waals surface area contributed by atoms with Crippen molar-refractivity contribution in [3.8, 4) is 0 Å². The van der Waals surface area contributed by atoms with Gasteiger partial charge in [0.2, 0.25) is 10.0 Å². The van der Waals surface area contributed by atoms with Gasteiger partial charge < -0.3 is 5.32 Å². The SMILES string of the molecule is NS(=O)(=O)c1ccc(CNC(=O)c2ccn(C3CCCC3)n2)cc1. The molecular formula is C16H20N4O3S. The lowest BCUT2D eigenvalue weighted by Gasteiger charge is -2.09. The maximum atomic E-state index is 12.2. The average Bonchev–Trinajstić information content (AvgIpc) is 3.22. The minimum atomic E-state index is -3.70. The molecule has 3 rings (SSSR count). The second-order valence-electron chi connectivity index (χ2n) is 5.99. The van der Waals surface area contributed by atoms with E-state index in [1.165, 1.54) is 25.0 Å². The fraction of sp³-hybridized carbons (Fsp3) is 0.375. The van der Waals surface area contributed by atoms with Gasteiger partial charge in [-0.05, 0) is 36.6 Å². The van der Waals surface area contributed by atoms with Crippen LogP contribution in [0, 0.1) is 0 Å². The van der Waals surface area contributed by atoms with E-state index in [0.717, 1.165) is 18.4 Å². The lowest BCUT2D eigenvalue weighted by Crippen LogP contribution is -2.23. The number of nitrogens with one attached hydrogen (secondary N) is 1. The van der Waals surface area contributed by atoms with E-state index in [4.69, 9.17) is 5.14 Å². The number of rotatable bonds is 5. The first-order valence-electron chi connectivity index (χ1n) is 7.88. The van der Waals surface area contributed by atoms with E-state index < -0.39 is 10.0 Å². The summed E-state index contributed by atoms with van der Waals surface area (Å²) in [6.45, 7) is 0.292. The van der Waals surface area contributed by atoms with Crippen molar-refractivity contribution < 1.29 is 13.2 Å². The van der Waals surface area contributed by atoms with Crippen molar-refractivity contribution in [2.45, 2.75) is 43.2 Å². The number of carbonyl (C=O) groups excluding carboxylic acids is 1. The standard InChI is InChI=1S/C16H20N4O3S/c17-24(22,23)14-7-5-12(6-8-14)11-18-16(21)15-9-10-20(19-15)13-3-1-2-4-13/h5-10,13H,1-4,11H2,(H,18,21)(H2,17,22,23). The number of nitrogens with zero attached hydrogens (tertiary/aromatic N) is 2.